The third-order valence-corrected chi connectivity index (χ3v) is 2.94. The van der Waals surface area contributed by atoms with Crippen LogP contribution in [0.1, 0.15) is 18.2 Å². The predicted molar refractivity (Wildman–Crippen MR) is 56.1 cm³/mol. The zero-order valence-corrected chi connectivity index (χ0v) is 8.20. The lowest BCUT2D eigenvalue weighted by atomic mass is 10.0. The molecular formula is C11H13N3. The minimum atomic E-state index is 0.473. The Morgan fingerprint density at radius 1 is 1.43 bits per heavy atom. The molecule has 1 unspecified atom stereocenters. The average Bonchev–Trinajstić information content (AvgIpc) is 2.43. The second-order valence-corrected chi connectivity index (χ2v) is 3.82. The number of benzene rings is 1. The molecule has 0 aliphatic carbocycles. The molecule has 0 bridgehead atoms. The molecule has 0 radical (unpaired) electrons. The molecule has 1 fully saturated rings. The fraction of sp³-hybridized carbons (Fsp3) is 0.364. The molecule has 3 nitrogen and oxygen atoms in total. The van der Waals surface area contributed by atoms with E-state index < -0.39 is 0 Å². The van der Waals surface area contributed by atoms with E-state index in [2.05, 4.69) is 34.7 Å². The predicted octanol–water partition coefficient (Wildman–Crippen LogP) is 1.61. The van der Waals surface area contributed by atoms with Gasteiger partial charge in [-0.3, -0.25) is 4.68 Å². The van der Waals surface area contributed by atoms with E-state index in [-0.39, 0.29) is 0 Å². The Morgan fingerprint density at radius 3 is 2.93 bits per heavy atom. The quantitative estimate of drug-likeness (QED) is 0.735. The van der Waals surface area contributed by atoms with Gasteiger partial charge in [0.25, 0.3) is 0 Å². The summed E-state index contributed by atoms with van der Waals surface area (Å²) < 4.78 is 1.96. The summed E-state index contributed by atoms with van der Waals surface area (Å²) in [6.07, 6.45) is 1.21. The Labute approximate surface area is 82.7 Å². The minimum absolute atomic E-state index is 0.473. The van der Waals surface area contributed by atoms with Crippen molar-refractivity contribution in [3.05, 3.63) is 30.0 Å². The van der Waals surface area contributed by atoms with E-state index in [4.69, 9.17) is 0 Å². The molecule has 1 aromatic carbocycles. The monoisotopic (exact) mass is 187 g/mol. The van der Waals surface area contributed by atoms with Crippen molar-refractivity contribution >= 4 is 10.9 Å². The summed E-state index contributed by atoms with van der Waals surface area (Å²) in [4.78, 5) is 0. The molecule has 72 valence electrons. The third-order valence-electron chi connectivity index (χ3n) is 2.94. The molecule has 0 amide bonds. The van der Waals surface area contributed by atoms with Gasteiger partial charge in [-0.2, -0.15) is 5.10 Å². The molecule has 2 aromatic rings. The largest absolute Gasteiger partial charge is 0.308 e. The topological polar surface area (TPSA) is 29.9 Å². The van der Waals surface area contributed by atoms with Crippen LogP contribution in [0.4, 0.5) is 0 Å². The number of fused-ring (bicyclic) bond motifs is 1. The summed E-state index contributed by atoms with van der Waals surface area (Å²) in [6, 6.07) is 8.87. The van der Waals surface area contributed by atoms with Crippen molar-refractivity contribution in [1.82, 2.24) is 15.1 Å². The van der Waals surface area contributed by atoms with E-state index in [9.17, 15) is 0 Å². The lowest BCUT2D eigenvalue weighted by molar-refractivity contribution is 0.374. The molecule has 0 spiro atoms. The lowest BCUT2D eigenvalue weighted by Crippen LogP contribution is -2.35. The van der Waals surface area contributed by atoms with E-state index in [1.165, 1.54) is 23.0 Å². The number of rotatable bonds is 1. The Kier molecular flexibility index (Phi) is 1.61. The van der Waals surface area contributed by atoms with Gasteiger partial charge in [-0.25, -0.2) is 0 Å². The van der Waals surface area contributed by atoms with Gasteiger partial charge in [0.1, 0.15) is 0 Å². The first kappa shape index (κ1) is 8.00. The van der Waals surface area contributed by atoms with Gasteiger partial charge in [-0.15, -0.1) is 0 Å². The molecule has 2 heterocycles. The van der Waals surface area contributed by atoms with Crippen LogP contribution in [0.5, 0.6) is 0 Å². The van der Waals surface area contributed by atoms with Crippen molar-refractivity contribution in [2.75, 3.05) is 6.54 Å². The van der Waals surface area contributed by atoms with E-state index in [0.29, 0.717) is 6.04 Å². The number of aryl methyl sites for hydroxylation is 1. The molecule has 1 aliphatic rings. The zero-order valence-electron chi connectivity index (χ0n) is 8.20. The second-order valence-electron chi connectivity index (χ2n) is 3.82. The lowest BCUT2D eigenvalue weighted by Gasteiger charge is -2.26. The molecule has 14 heavy (non-hydrogen) atoms. The highest BCUT2D eigenvalue weighted by molar-refractivity contribution is 5.82. The van der Waals surface area contributed by atoms with Gasteiger partial charge in [0.2, 0.25) is 0 Å². The van der Waals surface area contributed by atoms with Crippen molar-refractivity contribution in [2.24, 2.45) is 7.05 Å². The van der Waals surface area contributed by atoms with Crippen LogP contribution in [0, 0.1) is 0 Å². The highest BCUT2D eigenvalue weighted by Crippen LogP contribution is 2.28. The fourth-order valence-corrected chi connectivity index (χ4v) is 2.02. The Morgan fingerprint density at radius 2 is 2.21 bits per heavy atom. The maximum Gasteiger partial charge on any atom is 0.0873 e. The highest BCUT2D eigenvalue weighted by Gasteiger charge is 2.23. The SMILES string of the molecule is Cn1nc(C2CCN2)c2ccccc21. The van der Waals surface area contributed by atoms with Crippen LogP contribution < -0.4 is 5.32 Å². The summed E-state index contributed by atoms with van der Waals surface area (Å²) in [5, 5.41) is 9.24. The number of aromatic nitrogens is 2. The van der Waals surface area contributed by atoms with Gasteiger partial charge < -0.3 is 5.32 Å². The van der Waals surface area contributed by atoms with Crippen molar-refractivity contribution in [2.45, 2.75) is 12.5 Å². The maximum atomic E-state index is 4.57. The van der Waals surface area contributed by atoms with Gasteiger partial charge in [0.15, 0.2) is 0 Å². The number of nitrogens with zero attached hydrogens (tertiary/aromatic N) is 2. The molecule has 0 saturated carbocycles. The van der Waals surface area contributed by atoms with E-state index in [0.717, 1.165) is 6.54 Å². The standard InChI is InChI=1S/C11H13N3/c1-14-10-5-3-2-4-8(10)11(13-14)9-6-7-12-9/h2-5,9,12H,6-7H2,1H3. The van der Waals surface area contributed by atoms with Crippen LogP contribution >= 0.6 is 0 Å². The van der Waals surface area contributed by atoms with E-state index in [1.54, 1.807) is 0 Å². The van der Waals surface area contributed by atoms with Crippen LogP contribution in [0.15, 0.2) is 24.3 Å². The Hall–Kier alpha value is -1.35. The average molecular weight is 187 g/mol. The van der Waals surface area contributed by atoms with Crippen LogP contribution in [0.25, 0.3) is 10.9 Å². The highest BCUT2D eigenvalue weighted by atomic mass is 15.3. The molecule has 3 heteroatoms. The van der Waals surface area contributed by atoms with Crippen LogP contribution in [0.2, 0.25) is 0 Å². The Bertz CT molecular complexity index is 468. The first-order valence-corrected chi connectivity index (χ1v) is 5.01. The number of hydrogen-bond acceptors (Lipinski definition) is 2. The van der Waals surface area contributed by atoms with Crippen LogP contribution in [0.3, 0.4) is 0 Å². The summed E-state index contributed by atoms with van der Waals surface area (Å²) in [5.41, 5.74) is 2.42. The number of para-hydroxylation sites is 1. The maximum absolute atomic E-state index is 4.57. The van der Waals surface area contributed by atoms with Gasteiger partial charge in [0, 0.05) is 12.4 Å². The normalized spacial score (nSPS) is 21.1. The zero-order chi connectivity index (χ0) is 9.54. The molecule has 1 atom stereocenters. The molecular weight excluding hydrogens is 174 g/mol. The summed E-state index contributed by atoms with van der Waals surface area (Å²) in [7, 11) is 2.00. The van der Waals surface area contributed by atoms with E-state index in [1.807, 2.05) is 11.7 Å². The molecule has 1 N–H and O–H groups in total. The van der Waals surface area contributed by atoms with Gasteiger partial charge in [-0.1, -0.05) is 18.2 Å². The number of nitrogens with one attached hydrogen (secondary N) is 1. The molecule has 1 aliphatic heterocycles. The van der Waals surface area contributed by atoms with Gasteiger partial charge in [0.05, 0.1) is 17.3 Å². The minimum Gasteiger partial charge on any atom is -0.308 e. The van der Waals surface area contributed by atoms with Crippen molar-refractivity contribution in [3.63, 3.8) is 0 Å². The van der Waals surface area contributed by atoms with Crippen molar-refractivity contribution in [3.8, 4) is 0 Å². The van der Waals surface area contributed by atoms with E-state index >= 15 is 0 Å². The van der Waals surface area contributed by atoms with Crippen molar-refractivity contribution in [1.29, 1.82) is 0 Å². The smallest absolute Gasteiger partial charge is 0.0873 e. The van der Waals surface area contributed by atoms with Crippen LogP contribution in [-0.4, -0.2) is 16.3 Å². The van der Waals surface area contributed by atoms with Gasteiger partial charge >= 0.3 is 0 Å². The summed E-state index contributed by atoms with van der Waals surface area (Å²) >= 11 is 0. The fourth-order valence-electron chi connectivity index (χ4n) is 2.02. The van der Waals surface area contributed by atoms with Crippen LogP contribution in [-0.2, 0) is 7.05 Å². The van der Waals surface area contributed by atoms with Gasteiger partial charge in [-0.05, 0) is 19.0 Å². The first-order chi connectivity index (χ1) is 6.86. The molecule has 1 saturated heterocycles. The molecule has 1 aromatic heterocycles. The first-order valence-electron chi connectivity index (χ1n) is 5.01. The third kappa shape index (κ3) is 0.990. The summed E-state index contributed by atoms with van der Waals surface area (Å²) in [6.45, 7) is 1.12. The summed E-state index contributed by atoms with van der Waals surface area (Å²) in [5.74, 6) is 0. The van der Waals surface area contributed by atoms with Crippen molar-refractivity contribution < 1.29 is 0 Å². The Balaban J connectivity index is 2.23. The second kappa shape index (κ2) is 2.82. The molecule has 3 rings (SSSR count). The number of hydrogen-bond donors (Lipinski definition) is 1.